The number of rotatable bonds is 4. The normalized spacial score (nSPS) is 10.3. The van der Waals surface area contributed by atoms with E-state index in [1.165, 1.54) is 13.8 Å². The van der Waals surface area contributed by atoms with E-state index in [0.717, 1.165) is 16.7 Å². The Bertz CT molecular complexity index is 508. The lowest BCUT2D eigenvalue weighted by atomic mass is 9.96. The lowest BCUT2D eigenvalue weighted by Crippen LogP contribution is -2.15. The van der Waals surface area contributed by atoms with Crippen molar-refractivity contribution in [3.63, 3.8) is 0 Å². The van der Waals surface area contributed by atoms with Crippen LogP contribution in [0.5, 0.6) is 0 Å². The topological polar surface area (TPSA) is 58.2 Å². The van der Waals surface area contributed by atoms with Crippen LogP contribution in [0.3, 0.4) is 0 Å². The fourth-order valence-corrected chi connectivity index (χ4v) is 2.79. The Morgan fingerprint density at radius 1 is 0.950 bits per heavy atom. The van der Waals surface area contributed by atoms with Gasteiger partial charge >= 0.3 is 0 Å². The Hall–Kier alpha value is -1.55. The minimum Gasteiger partial charge on any atom is -0.326 e. The van der Waals surface area contributed by atoms with Gasteiger partial charge in [0.2, 0.25) is 11.8 Å². The first-order valence-corrected chi connectivity index (χ1v) is 7.10. The zero-order chi connectivity index (χ0) is 15.4. The maximum Gasteiger partial charge on any atom is 0.221 e. The van der Waals surface area contributed by atoms with Crippen molar-refractivity contribution in [3.05, 3.63) is 21.7 Å². The molecule has 0 fully saturated rings. The third kappa shape index (κ3) is 3.31. The van der Waals surface area contributed by atoms with Crippen LogP contribution in [0.2, 0.25) is 5.02 Å². The number of halogens is 1. The van der Waals surface area contributed by atoms with Crippen molar-refractivity contribution in [3.8, 4) is 0 Å². The molecule has 1 rings (SSSR count). The minimum absolute atomic E-state index is 0.156. The fourth-order valence-electron chi connectivity index (χ4n) is 2.33. The first-order valence-electron chi connectivity index (χ1n) is 6.72. The summed E-state index contributed by atoms with van der Waals surface area (Å²) in [5.41, 5.74) is 4.06. The average Bonchev–Trinajstić information content (AvgIpc) is 2.35. The van der Waals surface area contributed by atoms with E-state index in [9.17, 15) is 9.59 Å². The average molecular weight is 297 g/mol. The van der Waals surface area contributed by atoms with Gasteiger partial charge in [0, 0.05) is 13.8 Å². The second-order valence-electron chi connectivity index (χ2n) is 4.72. The number of benzene rings is 1. The van der Waals surface area contributed by atoms with E-state index in [2.05, 4.69) is 10.6 Å². The molecule has 110 valence electrons. The van der Waals surface area contributed by atoms with Crippen LogP contribution in [0.25, 0.3) is 0 Å². The highest BCUT2D eigenvalue weighted by Gasteiger charge is 2.20. The molecule has 0 heterocycles. The smallest absolute Gasteiger partial charge is 0.221 e. The van der Waals surface area contributed by atoms with E-state index < -0.39 is 0 Å². The third-order valence-corrected chi connectivity index (χ3v) is 3.65. The summed E-state index contributed by atoms with van der Waals surface area (Å²) >= 11 is 6.46. The van der Waals surface area contributed by atoms with Crippen molar-refractivity contribution < 1.29 is 9.59 Å². The van der Waals surface area contributed by atoms with Crippen molar-refractivity contribution >= 4 is 34.8 Å². The number of carbonyl (C=O) groups is 2. The van der Waals surface area contributed by atoms with Crippen LogP contribution in [0.15, 0.2) is 0 Å². The van der Waals surface area contributed by atoms with Crippen LogP contribution < -0.4 is 10.6 Å². The SMILES string of the molecule is CCc1c(Cl)c(CC)c(NC(C)=O)c(C)c1NC(C)=O. The largest absolute Gasteiger partial charge is 0.326 e. The van der Waals surface area contributed by atoms with Crippen molar-refractivity contribution in [2.24, 2.45) is 0 Å². The Labute approximate surface area is 124 Å². The summed E-state index contributed by atoms with van der Waals surface area (Å²) in [6, 6.07) is 0. The van der Waals surface area contributed by atoms with Gasteiger partial charge in [-0.25, -0.2) is 0 Å². The van der Waals surface area contributed by atoms with Crippen molar-refractivity contribution in [1.29, 1.82) is 0 Å². The summed E-state index contributed by atoms with van der Waals surface area (Å²) in [4.78, 5) is 22.8. The highest BCUT2D eigenvalue weighted by Crippen LogP contribution is 2.39. The van der Waals surface area contributed by atoms with Gasteiger partial charge in [-0.15, -0.1) is 0 Å². The molecule has 4 nitrogen and oxygen atoms in total. The quantitative estimate of drug-likeness (QED) is 0.890. The zero-order valence-corrected chi connectivity index (χ0v) is 13.4. The number of anilines is 2. The van der Waals surface area contributed by atoms with Gasteiger partial charge in [-0.1, -0.05) is 25.4 Å². The molecule has 1 aromatic rings. The molecule has 20 heavy (non-hydrogen) atoms. The van der Waals surface area contributed by atoms with Crippen LogP contribution in [0.1, 0.15) is 44.4 Å². The van der Waals surface area contributed by atoms with E-state index in [1.54, 1.807) is 0 Å². The molecule has 5 heteroatoms. The summed E-state index contributed by atoms with van der Waals surface area (Å²) in [7, 11) is 0. The number of carbonyl (C=O) groups excluding carboxylic acids is 2. The van der Waals surface area contributed by atoms with Gasteiger partial charge in [-0.3, -0.25) is 9.59 Å². The number of hydrogen-bond donors (Lipinski definition) is 2. The summed E-state index contributed by atoms with van der Waals surface area (Å²) < 4.78 is 0. The summed E-state index contributed by atoms with van der Waals surface area (Å²) in [6.07, 6.45) is 1.42. The Morgan fingerprint density at radius 3 is 1.55 bits per heavy atom. The highest BCUT2D eigenvalue weighted by atomic mass is 35.5. The third-order valence-electron chi connectivity index (χ3n) is 3.19. The van der Waals surface area contributed by atoms with Crippen molar-refractivity contribution in [2.75, 3.05) is 10.6 Å². The zero-order valence-electron chi connectivity index (χ0n) is 12.6. The molecule has 2 amide bonds. The molecule has 1 aromatic carbocycles. The molecular weight excluding hydrogens is 276 g/mol. The fraction of sp³-hybridized carbons (Fsp3) is 0.467. The molecule has 2 N–H and O–H groups in total. The van der Waals surface area contributed by atoms with E-state index in [1.807, 2.05) is 20.8 Å². The maximum atomic E-state index is 11.4. The molecule has 0 saturated heterocycles. The Morgan fingerprint density at radius 2 is 1.30 bits per heavy atom. The predicted molar refractivity (Wildman–Crippen MR) is 83.6 cm³/mol. The summed E-state index contributed by atoms with van der Waals surface area (Å²) in [5, 5.41) is 6.27. The number of hydrogen-bond acceptors (Lipinski definition) is 2. The van der Waals surface area contributed by atoms with Gasteiger partial charge < -0.3 is 10.6 Å². The first-order chi connectivity index (χ1) is 9.33. The highest BCUT2D eigenvalue weighted by molar-refractivity contribution is 6.33. The second kappa shape index (κ2) is 6.75. The van der Waals surface area contributed by atoms with E-state index >= 15 is 0 Å². The number of amides is 2. The molecule has 0 aromatic heterocycles. The molecule has 0 bridgehead atoms. The van der Waals surface area contributed by atoms with Crippen LogP contribution >= 0.6 is 11.6 Å². The van der Waals surface area contributed by atoms with Crippen LogP contribution in [-0.2, 0) is 22.4 Å². The van der Waals surface area contributed by atoms with Gasteiger partial charge in [0.05, 0.1) is 16.4 Å². The monoisotopic (exact) mass is 296 g/mol. The van der Waals surface area contributed by atoms with Gasteiger partial charge in [0.1, 0.15) is 0 Å². The molecule has 0 unspecified atom stereocenters. The molecule has 0 atom stereocenters. The van der Waals surface area contributed by atoms with E-state index in [4.69, 9.17) is 11.6 Å². The second-order valence-corrected chi connectivity index (χ2v) is 5.09. The van der Waals surface area contributed by atoms with Crippen LogP contribution in [-0.4, -0.2) is 11.8 Å². The lowest BCUT2D eigenvalue weighted by Gasteiger charge is -2.22. The minimum atomic E-state index is -0.156. The summed E-state index contributed by atoms with van der Waals surface area (Å²) in [5.74, 6) is -0.311. The van der Waals surface area contributed by atoms with Gasteiger partial charge in [-0.05, 0) is 36.5 Å². The van der Waals surface area contributed by atoms with Crippen LogP contribution in [0, 0.1) is 6.92 Å². The van der Waals surface area contributed by atoms with Crippen molar-refractivity contribution in [1.82, 2.24) is 0 Å². The predicted octanol–water partition coefficient (Wildman–Crippen LogP) is 3.69. The van der Waals surface area contributed by atoms with Crippen LogP contribution in [0.4, 0.5) is 11.4 Å². The Balaban J connectivity index is 3.62. The molecule has 0 aliphatic heterocycles. The lowest BCUT2D eigenvalue weighted by molar-refractivity contribution is -0.115. The van der Waals surface area contributed by atoms with Gasteiger partial charge in [-0.2, -0.15) is 0 Å². The Kier molecular flexibility index (Phi) is 5.57. The summed E-state index contributed by atoms with van der Waals surface area (Å²) in [6.45, 7) is 8.77. The molecule has 0 spiro atoms. The van der Waals surface area contributed by atoms with Gasteiger partial charge in [0.25, 0.3) is 0 Å². The van der Waals surface area contributed by atoms with E-state index in [0.29, 0.717) is 29.2 Å². The number of nitrogens with one attached hydrogen (secondary N) is 2. The standard InChI is InChI=1S/C15H21ClN2O2/c1-6-11-13(16)12(7-2)15(18-10(5)20)8(3)14(11)17-9(4)19/h6-7H2,1-5H3,(H,17,19)(H,18,20). The molecule has 0 saturated carbocycles. The first kappa shape index (κ1) is 16.5. The molecule has 0 aliphatic carbocycles. The van der Waals surface area contributed by atoms with Crippen molar-refractivity contribution in [2.45, 2.75) is 47.5 Å². The molecule has 0 aliphatic rings. The van der Waals surface area contributed by atoms with E-state index in [-0.39, 0.29) is 11.8 Å². The molecular formula is C15H21ClN2O2. The molecule has 0 radical (unpaired) electrons. The van der Waals surface area contributed by atoms with Gasteiger partial charge in [0.15, 0.2) is 0 Å². The maximum absolute atomic E-state index is 11.4.